The van der Waals surface area contributed by atoms with E-state index in [1.807, 2.05) is 36.5 Å². The van der Waals surface area contributed by atoms with Gasteiger partial charge >= 0.3 is 5.69 Å². The molecule has 2 unspecified atom stereocenters. The SMILES string of the molecule is CC(C)CCN1C(=O)C(CC(=O)N2CCC(n3cc(-c4ccccc4)[nH]c3=O)CC2)SC1c1ccc(F)cc1F. The van der Waals surface area contributed by atoms with Gasteiger partial charge in [-0.1, -0.05) is 50.2 Å². The van der Waals surface area contributed by atoms with E-state index >= 15 is 0 Å². The molecule has 7 nitrogen and oxygen atoms in total. The Morgan fingerprint density at radius 1 is 1.07 bits per heavy atom. The fourth-order valence-electron chi connectivity index (χ4n) is 5.42. The summed E-state index contributed by atoms with van der Waals surface area (Å²) in [6.07, 6.45) is 3.87. The van der Waals surface area contributed by atoms with E-state index < -0.39 is 22.3 Å². The van der Waals surface area contributed by atoms with Crippen molar-refractivity contribution in [2.75, 3.05) is 19.6 Å². The zero-order chi connectivity index (χ0) is 28.4. The second-order valence-electron chi connectivity index (χ2n) is 10.9. The van der Waals surface area contributed by atoms with Gasteiger partial charge in [-0.25, -0.2) is 13.6 Å². The van der Waals surface area contributed by atoms with Crippen LogP contribution in [0, 0.1) is 17.6 Å². The van der Waals surface area contributed by atoms with Crippen molar-refractivity contribution in [2.24, 2.45) is 5.92 Å². The van der Waals surface area contributed by atoms with Crippen LogP contribution in [0.2, 0.25) is 0 Å². The first kappa shape index (κ1) is 28.1. The lowest BCUT2D eigenvalue weighted by molar-refractivity contribution is -0.136. The van der Waals surface area contributed by atoms with Crippen LogP contribution in [0.5, 0.6) is 0 Å². The maximum Gasteiger partial charge on any atom is 0.326 e. The molecule has 2 saturated heterocycles. The van der Waals surface area contributed by atoms with Crippen molar-refractivity contribution in [3.05, 3.63) is 82.4 Å². The van der Waals surface area contributed by atoms with E-state index in [-0.39, 0.29) is 35.5 Å². The number of nitrogens with zero attached hydrogens (tertiary/aromatic N) is 3. The van der Waals surface area contributed by atoms with Gasteiger partial charge in [-0.3, -0.25) is 14.2 Å². The number of imidazole rings is 1. The summed E-state index contributed by atoms with van der Waals surface area (Å²) < 4.78 is 30.0. The molecule has 2 aromatic carbocycles. The molecule has 0 saturated carbocycles. The number of hydrogen-bond acceptors (Lipinski definition) is 4. The highest BCUT2D eigenvalue weighted by Gasteiger charge is 2.43. The first-order valence-electron chi connectivity index (χ1n) is 13.8. The van der Waals surface area contributed by atoms with Crippen molar-refractivity contribution in [3.8, 4) is 11.3 Å². The molecule has 3 aromatic rings. The van der Waals surface area contributed by atoms with E-state index in [0.29, 0.717) is 38.4 Å². The molecular formula is C30H34F2N4O3S. The topological polar surface area (TPSA) is 78.4 Å². The number of rotatable bonds is 8. The molecular weight excluding hydrogens is 534 g/mol. The Morgan fingerprint density at radius 3 is 2.48 bits per heavy atom. The van der Waals surface area contributed by atoms with Crippen molar-refractivity contribution in [1.82, 2.24) is 19.4 Å². The minimum Gasteiger partial charge on any atom is -0.342 e. The maximum absolute atomic E-state index is 14.7. The lowest BCUT2D eigenvalue weighted by atomic mass is 10.0. The number of benzene rings is 2. The minimum atomic E-state index is -0.690. The molecule has 2 aliphatic heterocycles. The number of likely N-dealkylation sites (tertiary alicyclic amines) is 1. The molecule has 1 aromatic heterocycles. The average Bonchev–Trinajstić information content (AvgIpc) is 3.47. The molecule has 3 heterocycles. The Labute approximate surface area is 236 Å². The summed E-state index contributed by atoms with van der Waals surface area (Å²) in [4.78, 5) is 45.6. The lowest BCUT2D eigenvalue weighted by Gasteiger charge is -2.32. The summed E-state index contributed by atoms with van der Waals surface area (Å²) in [6, 6.07) is 13.1. The fraction of sp³-hybridized carbons (Fsp3) is 0.433. The van der Waals surface area contributed by atoms with E-state index in [1.54, 1.807) is 14.4 Å². The number of hydrogen-bond donors (Lipinski definition) is 1. The third-order valence-electron chi connectivity index (χ3n) is 7.71. The van der Waals surface area contributed by atoms with Crippen molar-refractivity contribution in [2.45, 2.75) is 56.2 Å². The Hall–Kier alpha value is -3.40. The monoisotopic (exact) mass is 568 g/mol. The highest BCUT2D eigenvalue weighted by atomic mass is 32.2. The average molecular weight is 569 g/mol. The van der Waals surface area contributed by atoms with Crippen LogP contribution in [0.15, 0.2) is 59.5 Å². The maximum atomic E-state index is 14.7. The van der Waals surface area contributed by atoms with Gasteiger partial charge in [-0.15, -0.1) is 11.8 Å². The standard InChI is InChI=1S/C30H34F2N4O3S/c1-19(2)10-15-35-28(38)26(40-29(35)23-9-8-21(31)16-24(23)32)17-27(37)34-13-11-22(12-14-34)36-18-25(33-30(36)39)20-6-4-3-5-7-20/h3-9,16,18-19,22,26,29H,10-15,17H2,1-2H3,(H,33,39). The molecule has 40 heavy (non-hydrogen) atoms. The number of carbonyl (C=O) groups is 2. The molecule has 2 fully saturated rings. The normalized spacial score (nSPS) is 20.1. The predicted octanol–water partition coefficient (Wildman–Crippen LogP) is 5.36. The first-order valence-corrected chi connectivity index (χ1v) is 14.7. The second-order valence-corrected chi connectivity index (χ2v) is 12.2. The van der Waals surface area contributed by atoms with Crippen LogP contribution in [-0.4, -0.2) is 56.0 Å². The van der Waals surface area contributed by atoms with Gasteiger partial charge in [0.1, 0.15) is 17.0 Å². The third-order valence-corrected chi connectivity index (χ3v) is 9.17. The summed E-state index contributed by atoms with van der Waals surface area (Å²) in [6.45, 7) is 5.52. The number of aromatic nitrogens is 2. The number of aromatic amines is 1. The highest BCUT2D eigenvalue weighted by Crippen LogP contribution is 2.45. The zero-order valence-corrected chi connectivity index (χ0v) is 23.5. The van der Waals surface area contributed by atoms with Crippen LogP contribution in [0.4, 0.5) is 8.78 Å². The summed E-state index contributed by atoms with van der Waals surface area (Å²) in [5, 5.41) is -1.23. The van der Waals surface area contributed by atoms with Crippen LogP contribution in [-0.2, 0) is 9.59 Å². The zero-order valence-electron chi connectivity index (χ0n) is 22.7. The number of halogens is 2. The van der Waals surface area contributed by atoms with Gasteiger partial charge in [0, 0.05) is 49.9 Å². The molecule has 0 spiro atoms. The van der Waals surface area contributed by atoms with E-state index in [0.717, 1.165) is 23.7 Å². The second kappa shape index (κ2) is 12.0. The number of amides is 2. The molecule has 10 heteroatoms. The van der Waals surface area contributed by atoms with E-state index in [2.05, 4.69) is 18.8 Å². The molecule has 1 N–H and O–H groups in total. The summed E-state index contributed by atoms with van der Waals surface area (Å²) >= 11 is 1.26. The summed E-state index contributed by atoms with van der Waals surface area (Å²) in [5.74, 6) is -1.33. The van der Waals surface area contributed by atoms with Gasteiger partial charge in [-0.2, -0.15) is 0 Å². The summed E-state index contributed by atoms with van der Waals surface area (Å²) in [7, 11) is 0. The van der Waals surface area contributed by atoms with Crippen molar-refractivity contribution < 1.29 is 18.4 Å². The third kappa shape index (κ3) is 6.01. The Balaban J connectivity index is 1.23. The van der Waals surface area contributed by atoms with Crippen molar-refractivity contribution >= 4 is 23.6 Å². The largest absolute Gasteiger partial charge is 0.342 e. The lowest BCUT2D eigenvalue weighted by Crippen LogP contribution is -2.42. The smallest absolute Gasteiger partial charge is 0.326 e. The van der Waals surface area contributed by atoms with Gasteiger partial charge in [-0.05, 0) is 36.8 Å². The molecule has 2 aliphatic rings. The molecule has 0 bridgehead atoms. The Morgan fingerprint density at radius 2 is 1.80 bits per heavy atom. The van der Waals surface area contributed by atoms with Crippen LogP contribution in [0.25, 0.3) is 11.3 Å². The summed E-state index contributed by atoms with van der Waals surface area (Å²) in [5.41, 5.74) is 1.78. The number of thioether (sulfide) groups is 1. The molecule has 0 radical (unpaired) electrons. The fourth-order valence-corrected chi connectivity index (χ4v) is 6.91. The van der Waals surface area contributed by atoms with Gasteiger partial charge in [0.15, 0.2) is 0 Å². The Kier molecular flexibility index (Phi) is 8.44. The molecule has 2 atom stereocenters. The van der Waals surface area contributed by atoms with Crippen LogP contribution < -0.4 is 5.69 Å². The highest BCUT2D eigenvalue weighted by molar-refractivity contribution is 8.01. The van der Waals surface area contributed by atoms with E-state index in [9.17, 15) is 23.2 Å². The van der Waals surface area contributed by atoms with Crippen molar-refractivity contribution in [1.29, 1.82) is 0 Å². The number of H-pyrrole nitrogens is 1. The van der Waals surface area contributed by atoms with Gasteiger partial charge in [0.25, 0.3) is 0 Å². The van der Waals surface area contributed by atoms with Gasteiger partial charge in [0.05, 0.1) is 10.9 Å². The van der Waals surface area contributed by atoms with Gasteiger partial charge in [0.2, 0.25) is 11.8 Å². The van der Waals surface area contributed by atoms with Crippen LogP contribution >= 0.6 is 11.8 Å². The molecule has 2 amide bonds. The quantitative estimate of drug-likeness (QED) is 0.397. The van der Waals surface area contributed by atoms with Gasteiger partial charge < -0.3 is 14.8 Å². The van der Waals surface area contributed by atoms with Crippen LogP contribution in [0.1, 0.15) is 56.5 Å². The minimum absolute atomic E-state index is 0.0217. The number of nitrogens with one attached hydrogen (secondary N) is 1. The van der Waals surface area contributed by atoms with Crippen LogP contribution in [0.3, 0.4) is 0 Å². The first-order chi connectivity index (χ1) is 19.2. The predicted molar refractivity (Wildman–Crippen MR) is 152 cm³/mol. The molecule has 5 rings (SSSR count). The molecule has 212 valence electrons. The molecule has 0 aliphatic carbocycles. The van der Waals surface area contributed by atoms with E-state index in [4.69, 9.17) is 0 Å². The number of piperidine rings is 1. The number of carbonyl (C=O) groups excluding carboxylic acids is 2. The van der Waals surface area contributed by atoms with E-state index in [1.165, 1.54) is 23.9 Å². The van der Waals surface area contributed by atoms with Crippen molar-refractivity contribution in [3.63, 3.8) is 0 Å². The Bertz CT molecular complexity index is 1420.